The molecule has 0 spiro atoms. The molecule has 0 fully saturated rings. The molecule has 0 amide bonds. The van der Waals surface area contributed by atoms with Crippen molar-refractivity contribution in [1.82, 2.24) is 0 Å². The van der Waals surface area contributed by atoms with Crippen LogP contribution in [0.25, 0.3) is 5.57 Å². The van der Waals surface area contributed by atoms with Crippen LogP contribution < -0.4 is 0 Å². The van der Waals surface area contributed by atoms with Crippen molar-refractivity contribution in [3.63, 3.8) is 0 Å². The number of cyclic esters (lactones) is 1. The third-order valence-corrected chi connectivity index (χ3v) is 3.38. The second-order valence-electron chi connectivity index (χ2n) is 3.87. The molecule has 1 aliphatic rings. The molecule has 0 radical (unpaired) electrons. The molecule has 2 aromatic rings. The zero-order valence-electron chi connectivity index (χ0n) is 9.50. The summed E-state index contributed by atoms with van der Waals surface area (Å²) >= 11 is 1.62. The molecule has 0 saturated carbocycles. The Morgan fingerprint density at radius 2 is 1.83 bits per heavy atom. The van der Waals surface area contributed by atoms with Gasteiger partial charge in [-0.15, -0.1) is 0 Å². The topological polar surface area (TPSA) is 26.3 Å². The first-order valence-corrected chi connectivity index (χ1v) is 6.51. The Kier molecular flexibility index (Phi) is 2.82. The van der Waals surface area contributed by atoms with Crippen molar-refractivity contribution in [3.05, 3.63) is 76.2 Å². The zero-order valence-corrected chi connectivity index (χ0v) is 10.3. The molecule has 0 atom stereocenters. The van der Waals surface area contributed by atoms with Crippen LogP contribution in [0, 0.1) is 0 Å². The van der Waals surface area contributed by atoms with Crippen LogP contribution >= 0.6 is 11.3 Å². The van der Waals surface area contributed by atoms with Crippen molar-refractivity contribution in [2.24, 2.45) is 0 Å². The molecule has 1 aromatic carbocycles. The van der Waals surface area contributed by atoms with Gasteiger partial charge in [-0.3, -0.25) is 0 Å². The lowest BCUT2D eigenvalue weighted by Crippen LogP contribution is -1.96. The van der Waals surface area contributed by atoms with Gasteiger partial charge in [0.15, 0.2) is 0 Å². The van der Waals surface area contributed by atoms with E-state index < -0.39 is 0 Å². The van der Waals surface area contributed by atoms with Gasteiger partial charge in [-0.25, -0.2) is 4.79 Å². The number of benzene rings is 1. The van der Waals surface area contributed by atoms with E-state index in [-0.39, 0.29) is 5.97 Å². The summed E-state index contributed by atoms with van der Waals surface area (Å²) in [6, 6.07) is 12.0. The summed E-state index contributed by atoms with van der Waals surface area (Å²) in [6.45, 7) is 0. The van der Waals surface area contributed by atoms with Crippen LogP contribution in [0.1, 0.15) is 11.1 Å². The number of carbonyl (C=O) groups excluding carboxylic acids is 1. The second kappa shape index (κ2) is 4.63. The van der Waals surface area contributed by atoms with Crippen LogP contribution in [0.5, 0.6) is 0 Å². The number of carbonyl (C=O) groups is 1. The fourth-order valence-electron chi connectivity index (χ4n) is 1.92. The van der Waals surface area contributed by atoms with E-state index in [0.29, 0.717) is 5.76 Å². The maximum atomic E-state index is 11.2. The van der Waals surface area contributed by atoms with Gasteiger partial charge in [0.05, 0.1) is 0 Å². The molecule has 0 saturated heterocycles. The molecule has 18 heavy (non-hydrogen) atoms. The van der Waals surface area contributed by atoms with Crippen molar-refractivity contribution in [3.8, 4) is 0 Å². The lowest BCUT2D eigenvalue weighted by molar-refractivity contribution is -0.132. The summed E-state index contributed by atoms with van der Waals surface area (Å²) in [5, 5.41) is 4.06. The van der Waals surface area contributed by atoms with E-state index in [4.69, 9.17) is 4.74 Å². The van der Waals surface area contributed by atoms with Crippen LogP contribution in [0.2, 0.25) is 0 Å². The molecular weight excluding hydrogens is 244 g/mol. The van der Waals surface area contributed by atoms with E-state index >= 15 is 0 Å². The number of allylic oxidation sites excluding steroid dienone is 1. The zero-order chi connectivity index (χ0) is 12.4. The fraction of sp³-hybridized carbons (Fsp3) is 0. The van der Waals surface area contributed by atoms with Crippen LogP contribution in [0.15, 0.2) is 65.1 Å². The number of ether oxygens (including phenoxy) is 1. The molecule has 3 heteroatoms. The first-order chi connectivity index (χ1) is 8.84. The monoisotopic (exact) mass is 254 g/mol. The van der Waals surface area contributed by atoms with Gasteiger partial charge >= 0.3 is 5.97 Å². The highest BCUT2D eigenvalue weighted by Gasteiger charge is 2.18. The molecule has 0 aliphatic carbocycles. The van der Waals surface area contributed by atoms with Crippen molar-refractivity contribution < 1.29 is 9.53 Å². The molecule has 0 N–H and O–H groups in total. The highest BCUT2D eigenvalue weighted by Crippen LogP contribution is 2.31. The number of hydrogen-bond donors (Lipinski definition) is 0. The smallest absolute Gasteiger partial charge is 0.336 e. The Hall–Kier alpha value is -2.13. The third kappa shape index (κ3) is 2.00. The van der Waals surface area contributed by atoms with Gasteiger partial charge in [0.1, 0.15) is 5.76 Å². The Bertz CT molecular complexity index is 622. The Morgan fingerprint density at radius 1 is 1.00 bits per heavy atom. The molecule has 1 aliphatic heterocycles. The van der Waals surface area contributed by atoms with Crippen molar-refractivity contribution in [2.45, 2.75) is 0 Å². The standard InChI is InChI=1S/C15H10O2S/c16-14-7-6-13(17-14)15(12-8-9-18-10-12)11-4-2-1-3-5-11/h1-10H/b15-13-. The van der Waals surface area contributed by atoms with Gasteiger partial charge in [-0.2, -0.15) is 11.3 Å². The maximum Gasteiger partial charge on any atom is 0.336 e. The molecule has 2 nitrogen and oxygen atoms in total. The average Bonchev–Trinajstić information content (AvgIpc) is 3.04. The van der Waals surface area contributed by atoms with E-state index in [9.17, 15) is 4.79 Å². The normalized spacial score (nSPS) is 16.8. The van der Waals surface area contributed by atoms with E-state index in [0.717, 1.165) is 16.7 Å². The Labute approximate surface area is 109 Å². The molecule has 2 heterocycles. The molecular formula is C15H10O2S. The minimum Gasteiger partial charge on any atom is -0.423 e. The summed E-state index contributed by atoms with van der Waals surface area (Å²) in [6.07, 6.45) is 3.17. The highest BCUT2D eigenvalue weighted by atomic mass is 32.1. The van der Waals surface area contributed by atoms with E-state index in [1.165, 1.54) is 6.08 Å². The summed E-state index contributed by atoms with van der Waals surface area (Å²) in [5.74, 6) is 0.304. The van der Waals surface area contributed by atoms with Crippen LogP contribution in [0.4, 0.5) is 0 Å². The SMILES string of the molecule is O=C1C=C/C(=C(\c2ccccc2)c2ccsc2)O1. The summed E-state index contributed by atoms with van der Waals surface area (Å²) < 4.78 is 5.24. The maximum absolute atomic E-state index is 11.2. The molecule has 0 unspecified atom stereocenters. The lowest BCUT2D eigenvalue weighted by atomic mass is 9.99. The van der Waals surface area contributed by atoms with Gasteiger partial charge in [-0.1, -0.05) is 30.3 Å². The van der Waals surface area contributed by atoms with Gasteiger partial charge in [0.25, 0.3) is 0 Å². The van der Waals surface area contributed by atoms with Crippen molar-refractivity contribution in [1.29, 1.82) is 0 Å². The fourth-order valence-corrected chi connectivity index (χ4v) is 2.56. The van der Waals surface area contributed by atoms with Crippen molar-refractivity contribution in [2.75, 3.05) is 0 Å². The summed E-state index contributed by atoms with van der Waals surface area (Å²) in [7, 11) is 0. The first-order valence-electron chi connectivity index (χ1n) is 5.57. The third-order valence-electron chi connectivity index (χ3n) is 2.70. The number of rotatable bonds is 2. The number of hydrogen-bond acceptors (Lipinski definition) is 3. The predicted molar refractivity (Wildman–Crippen MR) is 72.0 cm³/mol. The van der Waals surface area contributed by atoms with Gasteiger partial charge in [0, 0.05) is 11.6 Å². The Balaban J connectivity index is 2.17. The number of esters is 1. The molecule has 0 bridgehead atoms. The van der Waals surface area contributed by atoms with Gasteiger partial charge in [0.2, 0.25) is 0 Å². The van der Waals surface area contributed by atoms with Gasteiger partial charge < -0.3 is 4.74 Å². The lowest BCUT2D eigenvalue weighted by Gasteiger charge is -2.08. The van der Waals surface area contributed by atoms with Gasteiger partial charge in [-0.05, 0) is 34.0 Å². The second-order valence-corrected chi connectivity index (χ2v) is 4.65. The van der Waals surface area contributed by atoms with E-state index in [1.54, 1.807) is 17.4 Å². The Morgan fingerprint density at radius 3 is 2.44 bits per heavy atom. The average molecular weight is 254 g/mol. The summed E-state index contributed by atoms with van der Waals surface area (Å²) in [5.41, 5.74) is 3.07. The van der Waals surface area contributed by atoms with Crippen LogP contribution in [-0.4, -0.2) is 5.97 Å². The summed E-state index contributed by atoms with van der Waals surface area (Å²) in [4.78, 5) is 11.2. The van der Waals surface area contributed by atoms with E-state index in [1.807, 2.05) is 41.8 Å². The quantitative estimate of drug-likeness (QED) is 0.765. The highest BCUT2D eigenvalue weighted by molar-refractivity contribution is 7.08. The van der Waals surface area contributed by atoms with Crippen molar-refractivity contribution >= 4 is 22.9 Å². The minimum atomic E-state index is -0.311. The van der Waals surface area contributed by atoms with Crippen LogP contribution in [-0.2, 0) is 9.53 Å². The largest absolute Gasteiger partial charge is 0.423 e. The number of thiophene rings is 1. The first kappa shape index (κ1) is 11.0. The molecule has 3 rings (SSSR count). The minimum absolute atomic E-state index is 0.311. The molecule has 88 valence electrons. The van der Waals surface area contributed by atoms with Crippen LogP contribution in [0.3, 0.4) is 0 Å². The predicted octanol–water partition coefficient (Wildman–Crippen LogP) is 3.62. The van der Waals surface area contributed by atoms with E-state index in [2.05, 4.69) is 5.38 Å². The molecule has 1 aromatic heterocycles.